The standard InChI is InChI=1S/C25H30FN5O/c1-16-20(17(2)30(5)27-16)11-12-32-25-14-19(26)8-9-21(25)18-7-10-24-22(13-18)23(15-29(3)4)28-31(24)6/h7-10,13-14H,11-12,15H2,1-6H3. The lowest BCUT2D eigenvalue weighted by molar-refractivity contribution is 0.321. The first-order valence-electron chi connectivity index (χ1n) is 10.8. The maximum absolute atomic E-state index is 14.1. The Morgan fingerprint density at radius 2 is 1.78 bits per heavy atom. The Bertz CT molecular complexity index is 1270. The minimum atomic E-state index is -0.312. The van der Waals surface area contributed by atoms with Crippen LogP contribution in [0.3, 0.4) is 0 Å². The van der Waals surface area contributed by atoms with Gasteiger partial charge in [-0.2, -0.15) is 10.2 Å². The molecule has 2 aromatic heterocycles. The molecule has 0 aliphatic heterocycles. The SMILES string of the molecule is Cc1nn(C)c(C)c1CCOc1cc(F)ccc1-c1ccc2c(c1)c(CN(C)C)nn2C. The molecule has 0 radical (unpaired) electrons. The molecule has 4 aromatic rings. The average molecular weight is 436 g/mol. The molecule has 4 rings (SSSR count). The number of fused-ring (bicyclic) bond motifs is 1. The second kappa shape index (κ2) is 8.74. The Kier molecular flexibility index (Phi) is 6.02. The van der Waals surface area contributed by atoms with Gasteiger partial charge in [-0.25, -0.2) is 4.39 Å². The van der Waals surface area contributed by atoms with Crippen molar-refractivity contribution in [1.82, 2.24) is 24.5 Å². The normalized spacial score (nSPS) is 11.6. The van der Waals surface area contributed by atoms with Crippen molar-refractivity contribution in [3.05, 3.63) is 64.9 Å². The molecule has 0 bridgehead atoms. The van der Waals surface area contributed by atoms with Crippen molar-refractivity contribution < 1.29 is 9.13 Å². The van der Waals surface area contributed by atoms with Gasteiger partial charge in [0.25, 0.3) is 0 Å². The van der Waals surface area contributed by atoms with Crippen molar-refractivity contribution in [1.29, 1.82) is 0 Å². The smallest absolute Gasteiger partial charge is 0.130 e. The van der Waals surface area contributed by atoms with Gasteiger partial charge >= 0.3 is 0 Å². The largest absolute Gasteiger partial charge is 0.492 e. The molecule has 0 spiro atoms. The van der Waals surface area contributed by atoms with Crippen molar-refractivity contribution in [2.24, 2.45) is 14.1 Å². The third-order valence-corrected chi connectivity index (χ3v) is 5.92. The minimum absolute atomic E-state index is 0.312. The van der Waals surface area contributed by atoms with Gasteiger partial charge in [0.05, 0.1) is 23.5 Å². The number of ether oxygens (including phenoxy) is 1. The summed E-state index contributed by atoms with van der Waals surface area (Å²) in [6.45, 7) is 5.25. The molecule has 168 valence electrons. The van der Waals surface area contributed by atoms with Crippen molar-refractivity contribution in [2.45, 2.75) is 26.8 Å². The van der Waals surface area contributed by atoms with Gasteiger partial charge in [0, 0.05) is 49.8 Å². The van der Waals surface area contributed by atoms with Crippen LogP contribution in [0.15, 0.2) is 36.4 Å². The molecule has 2 heterocycles. The number of halogens is 1. The van der Waals surface area contributed by atoms with E-state index in [0.29, 0.717) is 12.4 Å². The van der Waals surface area contributed by atoms with E-state index in [4.69, 9.17) is 4.74 Å². The molecule has 0 N–H and O–H groups in total. The number of benzene rings is 2. The van der Waals surface area contributed by atoms with Crippen molar-refractivity contribution in [2.75, 3.05) is 20.7 Å². The fourth-order valence-corrected chi connectivity index (χ4v) is 4.22. The van der Waals surface area contributed by atoms with Crippen LogP contribution in [-0.4, -0.2) is 45.2 Å². The Labute approximate surface area is 188 Å². The van der Waals surface area contributed by atoms with Crippen LogP contribution >= 0.6 is 0 Å². The highest BCUT2D eigenvalue weighted by Crippen LogP contribution is 2.34. The topological polar surface area (TPSA) is 48.1 Å². The molecule has 0 unspecified atom stereocenters. The summed E-state index contributed by atoms with van der Waals surface area (Å²) in [5, 5.41) is 10.2. The van der Waals surface area contributed by atoms with E-state index >= 15 is 0 Å². The highest BCUT2D eigenvalue weighted by molar-refractivity contribution is 5.88. The number of rotatable bonds is 7. The summed E-state index contributed by atoms with van der Waals surface area (Å²) in [5.41, 5.74) is 7.24. The van der Waals surface area contributed by atoms with Gasteiger partial charge in [0.15, 0.2) is 0 Å². The predicted octanol–water partition coefficient (Wildman–Crippen LogP) is 4.41. The van der Waals surface area contributed by atoms with E-state index in [1.165, 1.54) is 17.7 Å². The third kappa shape index (κ3) is 4.25. The van der Waals surface area contributed by atoms with E-state index in [-0.39, 0.29) is 5.82 Å². The van der Waals surface area contributed by atoms with Crippen LogP contribution in [0.2, 0.25) is 0 Å². The molecular formula is C25H30FN5O. The second-order valence-electron chi connectivity index (χ2n) is 8.55. The number of aromatic nitrogens is 4. The number of hydrogen-bond donors (Lipinski definition) is 0. The summed E-state index contributed by atoms with van der Waals surface area (Å²) in [4.78, 5) is 2.10. The third-order valence-electron chi connectivity index (χ3n) is 5.92. The van der Waals surface area contributed by atoms with Crippen LogP contribution in [0.1, 0.15) is 22.6 Å². The van der Waals surface area contributed by atoms with E-state index < -0.39 is 0 Å². The first-order valence-corrected chi connectivity index (χ1v) is 10.8. The quantitative estimate of drug-likeness (QED) is 0.431. The average Bonchev–Trinajstić information content (AvgIpc) is 3.17. The van der Waals surface area contributed by atoms with E-state index in [1.807, 2.05) is 50.5 Å². The molecule has 0 amide bonds. The van der Waals surface area contributed by atoms with E-state index in [0.717, 1.165) is 52.1 Å². The zero-order chi connectivity index (χ0) is 23.0. The van der Waals surface area contributed by atoms with Crippen molar-refractivity contribution in [3.8, 4) is 16.9 Å². The second-order valence-corrected chi connectivity index (χ2v) is 8.55. The molecule has 2 aromatic carbocycles. The molecule has 7 heteroatoms. The Balaban J connectivity index is 1.65. The van der Waals surface area contributed by atoms with Crippen LogP contribution in [0.4, 0.5) is 4.39 Å². The fourth-order valence-electron chi connectivity index (χ4n) is 4.22. The lowest BCUT2D eigenvalue weighted by Crippen LogP contribution is -2.11. The summed E-state index contributed by atoms with van der Waals surface area (Å²) < 4.78 is 24.0. The molecule has 6 nitrogen and oxygen atoms in total. The maximum Gasteiger partial charge on any atom is 0.130 e. The van der Waals surface area contributed by atoms with Crippen molar-refractivity contribution >= 4 is 10.9 Å². The monoisotopic (exact) mass is 435 g/mol. The maximum atomic E-state index is 14.1. The van der Waals surface area contributed by atoms with E-state index in [1.54, 1.807) is 6.07 Å². The summed E-state index contributed by atoms with van der Waals surface area (Å²) >= 11 is 0. The van der Waals surface area contributed by atoms with Gasteiger partial charge in [-0.15, -0.1) is 0 Å². The van der Waals surface area contributed by atoms with Crippen LogP contribution in [0.5, 0.6) is 5.75 Å². The molecular weight excluding hydrogens is 405 g/mol. The van der Waals surface area contributed by atoms with Crippen LogP contribution in [0, 0.1) is 19.7 Å². The van der Waals surface area contributed by atoms with Crippen molar-refractivity contribution in [3.63, 3.8) is 0 Å². The van der Waals surface area contributed by atoms with Gasteiger partial charge in [0.2, 0.25) is 0 Å². The summed E-state index contributed by atoms with van der Waals surface area (Å²) in [6, 6.07) is 11.0. The predicted molar refractivity (Wildman–Crippen MR) is 125 cm³/mol. The lowest BCUT2D eigenvalue weighted by Gasteiger charge is -2.13. The number of aryl methyl sites for hydroxylation is 3. The first-order chi connectivity index (χ1) is 15.2. The van der Waals surface area contributed by atoms with E-state index in [9.17, 15) is 4.39 Å². The zero-order valence-corrected chi connectivity index (χ0v) is 19.6. The number of nitrogens with zero attached hydrogens (tertiary/aromatic N) is 5. The molecule has 32 heavy (non-hydrogen) atoms. The Hall–Kier alpha value is -3.19. The van der Waals surface area contributed by atoms with Crippen LogP contribution < -0.4 is 4.74 Å². The summed E-state index contributed by atoms with van der Waals surface area (Å²) in [5.74, 6) is 0.231. The summed E-state index contributed by atoms with van der Waals surface area (Å²) in [7, 11) is 7.95. The Morgan fingerprint density at radius 3 is 2.47 bits per heavy atom. The lowest BCUT2D eigenvalue weighted by atomic mass is 10.0. The zero-order valence-electron chi connectivity index (χ0n) is 19.6. The Morgan fingerprint density at radius 1 is 1.00 bits per heavy atom. The van der Waals surface area contributed by atoms with Gasteiger partial charge in [0.1, 0.15) is 11.6 Å². The number of hydrogen-bond acceptors (Lipinski definition) is 4. The first kappa shape index (κ1) is 22.0. The van der Waals surface area contributed by atoms with Crippen LogP contribution in [-0.2, 0) is 27.1 Å². The fraction of sp³-hybridized carbons (Fsp3) is 0.360. The van der Waals surface area contributed by atoms with Crippen LogP contribution in [0.25, 0.3) is 22.0 Å². The van der Waals surface area contributed by atoms with Gasteiger partial charge in [-0.3, -0.25) is 9.36 Å². The minimum Gasteiger partial charge on any atom is -0.492 e. The van der Waals surface area contributed by atoms with Gasteiger partial charge in [-0.05, 0) is 63.3 Å². The molecule has 0 saturated carbocycles. The molecule has 0 saturated heterocycles. The molecule has 0 aliphatic rings. The molecule has 0 fully saturated rings. The molecule has 0 aliphatic carbocycles. The van der Waals surface area contributed by atoms with Gasteiger partial charge < -0.3 is 9.64 Å². The van der Waals surface area contributed by atoms with E-state index in [2.05, 4.69) is 34.2 Å². The van der Waals surface area contributed by atoms with Gasteiger partial charge in [-0.1, -0.05) is 6.07 Å². The highest BCUT2D eigenvalue weighted by Gasteiger charge is 2.15. The highest BCUT2D eigenvalue weighted by atomic mass is 19.1. The molecule has 0 atom stereocenters. The summed E-state index contributed by atoms with van der Waals surface area (Å²) in [6.07, 6.45) is 0.718.